The molecular formula is C25H24F3NOS. The molecule has 162 valence electrons. The van der Waals surface area contributed by atoms with Crippen molar-refractivity contribution in [3.8, 4) is 0 Å². The lowest BCUT2D eigenvalue weighted by Crippen LogP contribution is -2.35. The Morgan fingerprint density at radius 1 is 0.806 bits per heavy atom. The van der Waals surface area contributed by atoms with Gasteiger partial charge in [0.2, 0.25) is 5.91 Å². The summed E-state index contributed by atoms with van der Waals surface area (Å²) in [4.78, 5) is 14.5. The van der Waals surface area contributed by atoms with Gasteiger partial charge < -0.3 is 4.90 Å². The van der Waals surface area contributed by atoms with E-state index in [1.54, 1.807) is 47.4 Å². The van der Waals surface area contributed by atoms with Crippen LogP contribution in [0.3, 0.4) is 0 Å². The molecule has 3 aromatic rings. The largest absolute Gasteiger partial charge is 0.343 e. The van der Waals surface area contributed by atoms with Gasteiger partial charge in [-0.15, -0.1) is 11.8 Å². The van der Waals surface area contributed by atoms with E-state index in [1.165, 1.54) is 42.1 Å². The van der Waals surface area contributed by atoms with Gasteiger partial charge in [0.25, 0.3) is 0 Å². The van der Waals surface area contributed by atoms with Crippen LogP contribution in [0.2, 0.25) is 0 Å². The van der Waals surface area contributed by atoms with Crippen LogP contribution in [0.15, 0.2) is 72.8 Å². The maximum Gasteiger partial charge on any atom is 0.232 e. The quantitative estimate of drug-likeness (QED) is 0.398. The topological polar surface area (TPSA) is 20.3 Å². The molecule has 0 N–H and O–H groups in total. The zero-order chi connectivity index (χ0) is 22.4. The van der Waals surface area contributed by atoms with Gasteiger partial charge in [0.15, 0.2) is 0 Å². The minimum absolute atomic E-state index is 0.0742. The zero-order valence-corrected chi connectivity index (χ0v) is 18.3. The van der Waals surface area contributed by atoms with Crippen LogP contribution in [-0.4, -0.2) is 29.6 Å². The maximum absolute atomic E-state index is 15.2. The first-order valence-corrected chi connectivity index (χ1v) is 11.1. The van der Waals surface area contributed by atoms with Crippen LogP contribution in [0.1, 0.15) is 30.5 Å². The van der Waals surface area contributed by atoms with Crippen LogP contribution in [0, 0.1) is 17.5 Å². The highest BCUT2D eigenvalue weighted by Gasteiger charge is 2.40. The highest BCUT2D eigenvalue weighted by molar-refractivity contribution is 8.01. The third kappa shape index (κ3) is 4.79. The molecule has 0 unspecified atom stereocenters. The van der Waals surface area contributed by atoms with Gasteiger partial charge in [0.1, 0.15) is 17.5 Å². The Balaban J connectivity index is 2.22. The summed E-state index contributed by atoms with van der Waals surface area (Å²) in [5.74, 6) is -1.31. The summed E-state index contributed by atoms with van der Waals surface area (Å²) < 4.78 is 41.5. The fraction of sp³-hybridized carbons (Fsp3) is 0.240. The molecule has 3 rings (SSSR count). The van der Waals surface area contributed by atoms with Gasteiger partial charge >= 0.3 is 0 Å². The molecule has 1 amide bonds. The Kier molecular flexibility index (Phi) is 7.44. The molecule has 0 radical (unpaired) electrons. The van der Waals surface area contributed by atoms with Gasteiger partial charge in [0, 0.05) is 18.7 Å². The normalized spacial score (nSPS) is 11.4. The van der Waals surface area contributed by atoms with Crippen LogP contribution in [0.5, 0.6) is 0 Å². The molecule has 6 heteroatoms. The molecule has 0 heterocycles. The number of thioether (sulfide) groups is 1. The average Bonchev–Trinajstić information content (AvgIpc) is 2.78. The molecule has 0 fully saturated rings. The van der Waals surface area contributed by atoms with Crippen molar-refractivity contribution in [1.29, 1.82) is 0 Å². The molecule has 0 saturated heterocycles. The van der Waals surface area contributed by atoms with Crippen molar-refractivity contribution in [3.63, 3.8) is 0 Å². The molecule has 3 aromatic carbocycles. The Hall–Kier alpha value is -2.73. The lowest BCUT2D eigenvalue weighted by atomic mass is 9.83. The number of carbonyl (C=O) groups excluding carboxylic acids is 1. The highest BCUT2D eigenvalue weighted by Crippen LogP contribution is 2.49. The third-order valence-corrected chi connectivity index (χ3v) is 6.80. The van der Waals surface area contributed by atoms with E-state index in [0.29, 0.717) is 29.8 Å². The van der Waals surface area contributed by atoms with E-state index >= 15 is 4.39 Å². The fourth-order valence-corrected chi connectivity index (χ4v) is 5.12. The number of hydrogen-bond acceptors (Lipinski definition) is 2. The van der Waals surface area contributed by atoms with Gasteiger partial charge in [-0.3, -0.25) is 4.79 Å². The molecule has 0 aromatic heterocycles. The van der Waals surface area contributed by atoms with E-state index in [4.69, 9.17) is 0 Å². The Labute approximate surface area is 185 Å². The number of hydrogen-bond donors (Lipinski definition) is 0. The molecule has 0 spiro atoms. The summed E-state index contributed by atoms with van der Waals surface area (Å²) in [5.41, 5.74) is 1.52. The van der Waals surface area contributed by atoms with Gasteiger partial charge in [-0.25, -0.2) is 13.2 Å². The van der Waals surface area contributed by atoms with Crippen molar-refractivity contribution >= 4 is 17.7 Å². The van der Waals surface area contributed by atoms with Crippen LogP contribution < -0.4 is 0 Å². The van der Waals surface area contributed by atoms with Crippen LogP contribution in [-0.2, 0) is 9.54 Å². The Morgan fingerprint density at radius 3 is 1.74 bits per heavy atom. The standard InChI is InChI=1S/C25H24F3NOS/c1-3-29(4-2)24(30)17-31-25(18-9-13-20(26)14-10-18,19-11-15-21(27)16-12-19)22-7-5-6-8-23(22)28/h5-16H,3-4,17H2,1-2H3. The lowest BCUT2D eigenvalue weighted by Gasteiger charge is -2.36. The summed E-state index contributed by atoms with van der Waals surface area (Å²) in [5, 5.41) is 0. The highest BCUT2D eigenvalue weighted by atomic mass is 32.2. The van der Waals surface area contributed by atoms with E-state index in [-0.39, 0.29) is 11.7 Å². The van der Waals surface area contributed by atoms with Crippen molar-refractivity contribution in [2.75, 3.05) is 18.8 Å². The summed E-state index contributed by atoms with van der Waals surface area (Å²) >= 11 is 1.25. The van der Waals surface area contributed by atoms with Crippen molar-refractivity contribution < 1.29 is 18.0 Å². The van der Waals surface area contributed by atoms with Crippen molar-refractivity contribution in [1.82, 2.24) is 4.90 Å². The molecule has 0 aliphatic carbocycles. The minimum atomic E-state index is -1.17. The van der Waals surface area contributed by atoms with Crippen molar-refractivity contribution in [2.24, 2.45) is 0 Å². The van der Waals surface area contributed by atoms with E-state index in [0.717, 1.165) is 0 Å². The summed E-state index contributed by atoms with van der Waals surface area (Å²) in [6.45, 7) is 4.93. The predicted octanol–water partition coefficient (Wildman–Crippen LogP) is 6.00. The molecule has 2 nitrogen and oxygen atoms in total. The summed E-state index contributed by atoms with van der Waals surface area (Å²) in [6.07, 6.45) is 0. The minimum Gasteiger partial charge on any atom is -0.343 e. The second kappa shape index (κ2) is 10.1. The number of nitrogens with zero attached hydrogens (tertiary/aromatic N) is 1. The fourth-order valence-electron chi connectivity index (χ4n) is 3.68. The summed E-state index contributed by atoms with van der Waals surface area (Å²) in [7, 11) is 0. The summed E-state index contributed by atoms with van der Waals surface area (Å²) in [6, 6.07) is 17.9. The monoisotopic (exact) mass is 443 g/mol. The SMILES string of the molecule is CCN(CC)C(=O)CSC(c1ccc(F)cc1)(c1ccc(F)cc1)c1ccccc1F. The number of amides is 1. The van der Waals surface area contributed by atoms with E-state index < -0.39 is 22.2 Å². The van der Waals surface area contributed by atoms with Gasteiger partial charge in [0.05, 0.1) is 10.5 Å². The van der Waals surface area contributed by atoms with Gasteiger partial charge in [-0.05, 0) is 55.3 Å². The average molecular weight is 444 g/mol. The Bertz CT molecular complexity index is 972. The second-order valence-corrected chi connectivity index (χ2v) is 8.22. The molecule has 0 saturated carbocycles. The molecule has 0 atom stereocenters. The lowest BCUT2D eigenvalue weighted by molar-refractivity contribution is -0.127. The predicted molar refractivity (Wildman–Crippen MR) is 119 cm³/mol. The third-order valence-electron chi connectivity index (χ3n) is 5.28. The smallest absolute Gasteiger partial charge is 0.232 e. The number of halogens is 3. The molecule has 31 heavy (non-hydrogen) atoms. The first kappa shape index (κ1) is 22.9. The van der Waals surface area contributed by atoms with E-state index in [1.807, 2.05) is 13.8 Å². The first-order valence-electron chi connectivity index (χ1n) is 10.1. The van der Waals surface area contributed by atoms with Crippen LogP contribution in [0.4, 0.5) is 13.2 Å². The zero-order valence-electron chi connectivity index (χ0n) is 17.4. The Morgan fingerprint density at radius 2 is 1.29 bits per heavy atom. The number of benzene rings is 3. The van der Waals surface area contributed by atoms with Crippen LogP contribution in [0.25, 0.3) is 0 Å². The second-order valence-electron chi connectivity index (χ2n) is 7.03. The van der Waals surface area contributed by atoms with Crippen LogP contribution >= 0.6 is 11.8 Å². The van der Waals surface area contributed by atoms with Crippen molar-refractivity contribution in [3.05, 3.63) is 107 Å². The van der Waals surface area contributed by atoms with Gasteiger partial charge in [-0.2, -0.15) is 0 Å². The first-order chi connectivity index (χ1) is 14.9. The molecule has 0 aliphatic heterocycles. The number of rotatable bonds is 8. The maximum atomic E-state index is 15.2. The van der Waals surface area contributed by atoms with Gasteiger partial charge in [-0.1, -0.05) is 42.5 Å². The molecule has 0 bridgehead atoms. The molecular weight excluding hydrogens is 419 g/mol. The molecule has 0 aliphatic rings. The van der Waals surface area contributed by atoms with E-state index in [2.05, 4.69) is 0 Å². The number of carbonyl (C=O) groups is 1. The van der Waals surface area contributed by atoms with E-state index in [9.17, 15) is 13.6 Å². The van der Waals surface area contributed by atoms with Crippen molar-refractivity contribution in [2.45, 2.75) is 18.6 Å².